The Labute approximate surface area is 146 Å². The van der Waals surface area contributed by atoms with Gasteiger partial charge in [0.05, 0.1) is 5.92 Å². The third-order valence-electron chi connectivity index (χ3n) is 4.63. The SMILES string of the molecule is CC(=O)Nc1ccc(NC(=O)C2CC(=O)N(C3CCOCC3)C2)cc1. The van der Waals surface area contributed by atoms with E-state index < -0.39 is 0 Å². The van der Waals surface area contributed by atoms with Crippen molar-refractivity contribution < 1.29 is 19.1 Å². The molecule has 3 rings (SSSR count). The third-order valence-corrected chi connectivity index (χ3v) is 4.63. The maximum absolute atomic E-state index is 12.5. The molecular weight excluding hydrogens is 322 g/mol. The number of amides is 3. The number of hydrogen-bond acceptors (Lipinski definition) is 4. The van der Waals surface area contributed by atoms with Crippen molar-refractivity contribution in [2.45, 2.75) is 32.2 Å². The highest BCUT2D eigenvalue weighted by atomic mass is 16.5. The summed E-state index contributed by atoms with van der Waals surface area (Å²) in [5, 5.41) is 5.53. The molecule has 0 aromatic heterocycles. The van der Waals surface area contributed by atoms with Crippen molar-refractivity contribution in [3.63, 3.8) is 0 Å². The first kappa shape index (κ1) is 17.4. The second-order valence-corrected chi connectivity index (χ2v) is 6.54. The zero-order valence-electron chi connectivity index (χ0n) is 14.3. The first-order valence-electron chi connectivity index (χ1n) is 8.58. The average Bonchev–Trinajstić information content (AvgIpc) is 2.99. The van der Waals surface area contributed by atoms with Crippen LogP contribution in [0, 0.1) is 5.92 Å². The fraction of sp³-hybridized carbons (Fsp3) is 0.500. The number of anilines is 2. The quantitative estimate of drug-likeness (QED) is 0.868. The molecule has 0 saturated carbocycles. The van der Waals surface area contributed by atoms with Crippen LogP contribution in [0.1, 0.15) is 26.2 Å². The number of rotatable bonds is 4. The van der Waals surface area contributed by atoms with Gasteiger partial charge in [0.25, 0.3) is 0 Å². The van der Waals surface area contributed by atoms with Crippen LogP contribution >= 0.6 is 0 Å². The summed E-state index contributed by atoms with van der Waals surface area (Å²) in [7, 11) is 0. The van der Waals surface area contributed by atoms with E-state index in [0.717, 1.165) is 12.8 Å². The van der Waals surface area contributed by atoms with Gasteiger partial charge in [-0.1, -0.05) is 0 Å². The fourth-order valence-electron chi connectivity index (χ4n) is 3.34. The molecule has 3 amide bonds. The van der Waals surface area contributed by atoms with Crippen LogP contribution in [0.5, 0.6) is 0 Å². The van der Waals surface area contributed by atoms with Crippen LogP contribution in [0.2, 0.25) is 0 Å². The van der Waals surface area contributed by atoms with Gasteiger partial charge < -0.3 is 20.3 Å². The van der Waals surface area contributed by atoms with E-state index in [2.05, 4.69) is 10.6 Å². The highest BCUT2D eigenvalue weighted by molar-refractivity contribution is 5.97. The molecule has 7 heteroatoms. The summed E-state index contributed by atoms with van der Waals surface area (Å²) in [6.07, 6.45) is 1.93. The second-order valence-electron chi connectivity index (χ2n) is 6.54. The highest BCUT2D eigenvalue weighted by Gasteiger charge is 2.38. The summed E-state index contributed by atoms with van der Waals surface area (Å²) < 4.78 is 5.34. The molecular formula is C18H23N3O4. The van der Waals surface area contributed by atoms with Gasteiger partial charge in [-0.25, -0.2) is 0 Å². The molecule has 2 heterocycles. The zero-order chi connectivity index (χ0) is 17.8. The molecule has 2 N–H and O–H groups in total. The lowest BCUT2D eigenvalue weighted by molar-refractivity contribution is -0.131. The Morgan fingerprint density at radius 3 is 2.28 bits per heavy atom. The van der Waals surface area contributed by atoms with Crippen molar-refractivity contribution >= 4 is 29.1 Å². The molecule has 2 aliphatic rings. The fourth-order valence-corrected chi connectivity index (χ4v) is 3.34. The van der Waals surface area contributed by atoms with Gasteiger partial charge in [0.15, 0.2) is 0 Å². The van der Waals surface area contributed by atoms with Crippen LogP contribution in [0.25, 0.3) is 0 Å². The number of nitrogens with one attached hydrogen (secondary N) is 2. The number of likely N-dealkylation sites (tertiary alicyclic amines) is 1. The predicted octanol–water partition coefficient (Wildman–Crippen LogP) is 1.61. The lowest BCUT2D eigenvalue weighted by atomic mass is 10.1. The van der Waals surface area contributed by atoms with Crippen molar-refractivity contribution in [1.82, 2.24) is 4.90 Å². The maximum Gasteiger partial charge on any atom is 0.229 e. The van der Waals surface area contributed by atoms with Crippen molar-refractivity contribution in [3.8, 4) is 0 Å². The van der Waals surface area contributed by atoms with Gasteiger partial charge in [0.1, 0.15) is 0 Å². The van der Waals surface area contributed by atoms with Crippen LogP contribution in [0.15, 0.2) is 24.3 Å². The Hall–Kier alpha value is -2.41. The summed E-state index contributed by atoms with van der Waals surface area (Å²) in [6.45, 7) is 3.26. The molecule has 2 aliphatic heterocycles. The minimum Gasteiger partial charge on any atom is -0.381 e. The molecule has 0 aliphatic carbocycles. The minimum absolute atomic E-state index is 0.0491. The molecule has 1 aromatic carbocycles. The molecule has 0 bridgehead atoms. The monoisotopic (exact) mass is 345 g/mol. The molecule has 2 saturated heterocycles. The molecule has 25 heavy (non-hydrogen) atoms. The standard InChI is InChI=1S/C18H23N3O4/c1-12(22)19-14-2-4-15(5-3-14)20-18(24)13-10-17(23)21(11-13)16-6-8-25-9-7-16/h2-5,13,16H,6-11H2,1H3,(H,19,22)(H,20,24). The topological polar surface area (TPSA) is 87.7 Å². The van der Waals surface area contributed by atoms with Crippen molar-refractivity contribution in [1.29, 1.82) is 0 Å². The Kier molecular flexibility index (Phi) is 5.33. The number of benzene rings is 1. The number of ether oxygens (including phenoxy) is 1. The largest absolute Gasteiger partial charge is 0.381 e. The Morgan fingerprint density at radius 2 is 1.68 bits per heavy atom. The van der Waals surface area contributed by atoms with Crippen molar-refractivity contribution in [3.05, 3.63) is 24.3 Å². The lowest BCUT2D eigenvalue weighted by Gasteiger charge is -2.31. The van der Waals surface area contributed by atoms with E-state index in [-0.39, 0.29) is 36.1 Å². The second kappa shape index (κ2) is 7.65. The van der Waals surface area contributed by atoms with Crippen molar-refractivity contribution in [2.24, 2.45) is 5.92 Å². The van der Waals surface area contributed by atoms with E-state index in [1.165, 1.54) is 6.92 Å². The van der Waals surface area contributed by atoms with E-state index in [0.29, 0.717) is 31.1 Å². The summed E-state index contributed by atoms with van der Waals surface area (Å²) in [5.74, 6) is -0.567. The molecule has 1 atom stereocenters. The Morgan fingerprint density at radius 1 is 1.08 bits per heavy atom. The molecule has 2 fully saturated rings. The normalized spacial score (nSPS) is 21.2. The van der Waals surface area contributed by atoms with Crippen LogP contribution in [0.4, 0.5) is 11.4 Å². The molecule has 1 aromatic rings. The third kappa shape index (κ3) is 4.36. The van der Waals surface area contributed by atoms with Gasteiger partial charge in [-0.2, -0.15) is 0 Å². The van der Waals surface area contributed by atoms with Crippen LogP contribution in [-0.4, -0.2) is 48.4 Å². The summed E-state index contributed by atoms with van der Waals surface area (Å²) in [4.78, 5) is 37.6. The number of carbonyl (C=O) groups is 3. The van der Waals surface area contributed by atoms with Gasteiger partial charge >= 0.3 is 0 Å². The van der Waals surface area contributed by atoms with E-state index in [1.807, 2.05) is 4.90 Å². The van der Waals surface area contributed by atoms with Crippen LogP contribution in [0.3, 0.4) is 0 Å². The number of nitrogens with zero attached hydrogens (tertiary/aromatic N) is 1. The predicted molar refractivity (Wildman–Crippen MR) is 93.0 cm³/mol. The van der Waals surface area contributed by atoms with E-state index >= 15 is 0 Å². The minimum atomic E-state index is -0.328. The van der Waals surface area contributed by atoms with Crippen LogP contribution in [-0.2, 0) is 19.1 Å². The summed E-state index contributed by atoms with van der Waals surface area (Å²) >= 11 is 0. The van der Waals surface area contributed by atoms with Gasteiger partial charge in [-0.3, -0.25) is 14.4 Å². The first-order chi connectivity index (χ1) is 12.0. The van der Waals surface area contributed by atoms with Gasteiger partial charge in [-0.15, -0.1) is 0 Å². The highest BCUT2D eigenvalue weighted by Crippen LogP contribution is 2.26. The Balaban J connectivity index is 1.56. The average molecular weight is 345 g/mol. The van der Waals surface area contributed by atoms with E-state index in [1.54, 1.807) is 24.3 Å². The number of hydrogen-bond donors (Lipinski definition) is 2. The van der Waals surface area contributed by atoms with Crippen LogP contribution < -0.4 is 10.6 Å². The lowest BCUT2D eigenvalue weighted by Crippen LogP contribution is -2.41. The van der Waals surface area contributed by atoms with Gasteiger partial charge in [0.2, 0.25) is 17.7 Å². The summed E-state index contributed by atoms with van der Waals surface area (Å²) in [5.41, 5.74) is 1.32. The molecule has 7 nitrogen and oxygen atoms in total. The zero-order valence-corrected chi connectivity index (χ0v) is 14.3. The van der Waals surface area contributed by atoms with Gasteiger partial charge in [0, 0.05) is 50.5 Å². The first-order valence-corrected chi connectivity index (χ1v) is 8.58. The molecule has 134 valence electrons. The van der Waals surface area contributed by atoms with Gasteiger partial charge in [-0.05, 0) is 37.1 Å². The maximum atomic E-state index is 12.5. The summed E-state index contributed by atoms with van der Waals surface area (Å²) in [6, 6.07) is 7.11. The number of carbonyl (C=O) groups excluding carboxylic acids is 3. The molecule has 1 unspecified atom stereocenters. The molecule has 0 spiro atoms. The Bertz CT molecular complexity index is 653. The van der Waals surface area contributed by atoms with E-state index in [4.69, 9.17) is 4.74 Å². The molecule has 0 radical (unpaired) electrons. The smallest absolute Gasteiger partial charge is 0.229 e. The van der Waals surface area contributed by atoms with E-state index in [9.17, 15) is 14.4 Å². The van der Waals surface area contributed by atoms with Crippen molar-refractivity contribution in [2.75, 3.05) is 30.4 Å².